The molecule has 3 aromatic rings. The van der Waals surface area contributed by atoms with Crippen molar-refractivity contribution < 1.29 is 19.3 Å². The number of morpholine rings is 2. The molecule has 0 spiro atoms. The number of halogens is 1. The van der Waals surface area contributed by atoms with Gasteiger partial charge in [0.05, 0.1) is 36.3 Å². The third-order valence-corrected chi connectivity index (χ3v) is 7.69. The fraction of sp³-hybridized carbons (Fsp3) is 0.438. The predicted octanol–water partition coefficient (Wildman–Crippen LogP) is 5.15. The smallest absolute Gasteiger partial charge is 0.269 e. The minimum Gasteiger partial charge on any atom is -0.399 e. The van der Waals surface area contributed by atoms with Gasteiger partial charge >= 0.3 is 0 Å². The Kier molecular flexibility index (Phi) is 15.8. The molecule has 2 heterocycles. The molecule has 0 amide bonds. The van der Waals surface area contributed by atoms with E-state index in [4.69, 9.17) is 15.2 Å². The molecule has 3 aromatic carbocycles. The summed E-state index contributed by atoms with van der Waals surface area (Å²) < 4.78 is 10.6. The van der Waals surface area contributed by atoms with Crippen molar-refractivity contribution in [3.8, 4) is 0 Å². The molecule has 2 fully saturated rings. The van der Waals surface area contributed by atoms with Gasteiger partial charge in [0.1, 0.15) is 0 Å². The number of anilines is 1. The third kappa shape index (κ3) is 13.5. The highest BCUT2D eigenvalue weighted by Crippen LogP contribution is 2.14. The fourth-order valence-electron chi connectivity index (χ4n) is 4.59. The van der Waals surface area contributed by atoms with E-state index in [1.165, 1.54) is 17.7 Å². The van der Waals surface area contributed by atoms with Gasteiger partial charge < -0.3 is 15.2 Å². The molecule has 12 heteroatoms. The van der Waals surface area contributed by atoms with Crippen LogP contribution in [0.15, 0.2) is 72.8 Å². The topological polar surface area (TPSA) is 137 Å². The molecule has 11 nitrogen and oxygen atoms in total. The van der Waals surface area contributed by atoms with Crippen LogP contribution >= 0.6 is 15.9 Å². The number of ether oxygens (including phenoxy) is 2. The highest BCUT2D eigenvalue weighted by Gasteiger charge is 2.11. The van der Waals surface area contributed by atoms with Gasteiger partial charge in [-0.1, -0.05) is 52.3 Å². The van der Waals surface area contributed by atoms with E-state index in [1.54, 1.807) is 24.3 Å². The average molecular weight is 673 g/mol. The molecule has 238 valence electrons. The molecule has 2 N–H and O–H groups in total. The van der Waals surface area contributed by atoms with Crippen LogP contribution in [0.25, 0.3) is 0 Å². The van der Waals surface area contributed by atoms with Crippen molar-refractivity contribution in [2.24, 2.45) is 0 Å². The van der Waals surface area contributed by atoms with E-state index in [0.29, 0.717) is 0 Å². The van der Waals surface area contributed by atoms with Crippen LogP contribution < -0.4 is 5.73 Å². The molecule has 2 aliphatic rings. The summed E-state index contributed by atoms with van der Waals surface area (Å²) in [6, 6.07) is 21.5. The molecule has 0 aliphatic carbocycles. The van der Waals surface area contributed by atoms with Gasteiger partial charge in [0.15, 0.2) is 0 Å². The monoisotopic (exact) mass is 671 g/mol. The lowest BCUT2D eigenvalue weighted by Gasteiger charge is -2.26. The number of nitrogens with zero attached hydrogens (tertiary/aromatic N) is 4. The highest BCUT2D eigenvalue weighted by molar-refractivity contribution is 9.09. The molecule has 0 radical (unpaired) electrons. The van der Waals surface area contributed by atoms with Crippen molar-refractivity contribution in [3.05, 3.63) is 110 Å². The predicted molar refractivity (Wildman–Crippen MR) is 176 cm³/mol. The number of hydrogen-bond donors (Lipinski definition) is 1. The van der Waals surface area contributed by atoms with Crippen LogP contribution in [0.3, 0.4) is 0 Å². The third-order valence-electron chi connectivity index (χ3n) is 7.30. The van der Waals surface area contributed by atoms with Gasteiger partial charge in [-0.2, -0.15) is 0 Å². The lowest BCUT2D eigenvalue weighted by molar-refractivity contribution is -0.385. The second kappa shape index (κ2) is 19.8. The van der Waals surface area contributed by atoms with Gasteiger partial charge in [0, 0.05) is 74.6 Å². The number of nitro groups is 2. The first-order valence-corrected chi connectivity index (χ1v) is 15.9. The Morgan fingerprint density at radius 1 is 0.614 bits per heavy atom. The second-order valence-corrected chi connectivity index (χ2v) is 11.2. The second-order valence-electron chi connectivity index (χ2n) is 10.4. The summed E-state index contributed by atoms with van der Waals surface area (Å²) in [7, 11) is 0. The van der Waals surface area contributed by atoms with Crippen LogP contribution in [0.4, 0.5) is 17.1 Å². The SMILES string of the molecule is Nc1ccc(CCN2CCOCC2)cc1.O=[N+]([O-])c1ccc(CCBr)cc1.O=[N+]([O-])c1ccc(CCN2CCOCC2)cc1. The van der Waals surface area contributed by atoms with Gasteiger partial charge in [0.2, 0.25) is 0 Å². The molecule has 44 heavy (non-hydrogen) atoms. The molecule has 0 atom stereocenters. The van der Waals surface area contributed by atoms with Crippen LogP contribution in [0.5, 0.6) is 0 Å². The molecule has 2 aliphatic heterocycles. The van der Waals surface area contributed by atoms with E-state index in [0.717, 1.165) is 107 Å². The van der Waals surface area contributed by atoms with Crippen molar-refractivity contribution in [1.29, 1.82) is 0 Å². The average Bonchev–Trinajstić information content (AvgIpc) is 3.06. The van der Waals surface area contributed by atoms with Crippen molar-refractivity contribution in [3.63, 3.8) is 0 Å². The molecule has 0 unspecified atom stereocenters. The summed E-state index contributed by atoms with van der Waals surface area (Å²) in [6.07, 6.45) is 2.93. The summed E-state index contributed by atoms with van der Waals surface area (Å²) in [5, 5.41) is 21.6. The molecule has 0 bridgehead atoms. The van der Waals surface area contributed by atoms with Crippen molar-refractivity contribution in [1.82, 2.24) is 9.80 Å². The fourth-order valence-corrected chi connectivity index (χ4v) is 5.04. The Bertz CT molecular complexity index is 1250. The number of nitrogens with two attached hydrogens (primary N) is 1. The minimum atomic E-state index is -0.391. The molecular formula is C32H42BrN5O6. The number of nitrogen functional groups attached to an aromatic ring is 1. The Morgan fingerprint density at radius 2 is 0.955 bits per heavy atom. The number of hydrogen-bond acceptors (Lipinski definition) is 9. The van der Waals surface area contributed by atoms with E-state index in [2.05, 4.69) is 37.9 Å². The summed E-state index contributed by atoms with van der Waals surface area (Å²) in [4.78, 5) is 24.8. The number of benzene rings is 3. The van der Waals surface area contributed by atoms with E-state index < -0.39 is 4.92 Å². The maximum atomic E-state index is 10.5. The van der Waals surface area contributed by atoms with E-state index in [1.807, 2.05) is 24.3 Å². The van der Waals surface area contributed by atoms with Gasteiger partial charge in [-0.15, -0.1) is 0 Å². The van der Waals surface area contributed by atoms with Crippen LogP contribution in [-0.4, -0.2) is 90.7 Å². The zero-order valence-corrected chi connectivity index (χ0v) is 26.6. The zero-order chi connectivity index (χ0) is 31.6. The normalized spacial score (nSPS) is 15.3. The minimum absolute atomic E-state index is 0.147. The van der Waals surface area contributed by atoms with E-state index >= 15 is 0 Å². The number of aryl methyl sites for hydroxylation is 1. The van der Waals surface area contributed by atoms with Crippen LogP contribution in [-0.2, 0) is 28.7 Å². The van der Waals surface area contributed by atoms with Crippen molar-refractivity contribution in [2.75, 3.05) is 76.8 Å². The van der Waals surface area contributed by atoms with Gasteiger partial charge in [-0.3, -0.25) is 30.0 Å². The zero-order valence-electron chi connectivity index (χ0n) is 25.0. The Hall–Kier alpha value is -3.42. The molecular weight excluding hydrogens is 630 g/mol. The lowest BCUT2D eigenvalue weighted by Crippen LogP contribution is -2.37. The first-order valence-electron chi connectivity index (χ1n) is 14.8. The van der Waals surface area contributed by atoms with E-state index in [-0.39, 0.29) is 16.3 Å². The first-order chi connectivity index (χ1) is 21.3. The summed E-state index contributed by atoms with van der Waals surface area (Å²) in [6.45, 7) is 9.56. The van der Waals surface area contributed by atoms with Gasteiger partial charge in [-0.05, 0) is 48.1 Å². The highest BCUT2D eigenvalue weighted by atomic mass is 79.9. The van der Waals surface area contributed by atoms with Crippen molar-refractivity contribution in [2.45, 2.75) is 19.3 Å². The largest absolute Gasteiger partial charge is 0.399 e. The van der Waals surface area contributed by atoms with Crippen molar-refractivity contribution >= 4 is 33.0 Å². The maximum absolute atomic E-state index is 10.5. The number of non-ortho nitro benzene ring substituents is 2. The molecule has 0 aromatic heterocycles. The number of nitro benzene ring substituents is 2. The lowest BCUT2D eigenvalue weighted by atomic mass is 10.1. The standard InChI is InChI=1S/C12H16N2O3.C12H18N2O.C8H8BrNO2/c15-14(16)12-3-1-11(2-4-12)5-6-13-7-9-17-10-8-13;13-12-3-1-11(2-4-12)5-6-14-7-9-15-10-8-14;9-6-5-7-1-3-8(4-2-7)10(11)12/h1-4H,5-10H2;1-4H,5-10,13H2;1-4H,5-6H2. The quantitative estimate of drug-likeness (QED) is 0.134. The Labute approximate surface area is 267 Å². The summed E-state index contributed by atoms with van der Waals surface area (Å²) in [5.74, 6) is 0. The van der Waals surface area contributed by atoms with Crippen LogP contribution in [0, 0.1) is 20.2 Å². The summed E-state index contributed by atoms with van der Waals surface area (Å²) in [5.41, 5.74) is 10.4. The van der Waals surface area contributed by atoms with Gasteiger partial charge in [0.25, 0.3) is 11.4 Å². The number of alkyl halides is 1. The maximum Gasteiger partial charge on any atom is 0.269 e. The van der Waals surface area contributed by atoms with Crippen LogP contribution in [0.1, 0.15) is 16.7 Å². The molecule has 0 saturated carbocycles. The first kappa shape index (κ1) is 35.1. The Morgan fingerprint density at radius 3 is 1.30 bits per heavy atom. The number of rotatable bonds is 10. The van der Waals surface area contributed by atoms with E-state index in [9.17, 15) is 20.2 Å². The molecule has 2 saturated heterocycles. The van der Waals surface area contributed by atoms with Gasteiger partial charge in [-0.25, -0.2) is 0 Å². The summed E-state index contributed by atoms with van der Waals surface area (Å²) >= 11 is 3.30. The molecule has 5 rings (SSSR count). The van der Waals surface area contributed by atoms with Crippen LogP contribution in [0.2, 0.25) is 0 Å². The Balaban J connectivity index is 0.000000183.